The minimum absolute atomic E-state index is 0.0247. The fourth-order valence-corrected chi connectivity index (χ4v) is 3.40. The number of halogens is 4. The molecule has 7 nitrogen and oxygen atoms in total. The molecule has 31 heavy (non-hydrogen) atoms. The number of alkyl halides is 3. The summed E-state index contributed by atoms with van der Waals surface area (Å²) >= 11 is 3.17. The first kappa shape index (κ1) is 25.1. The summed E-state index contributed by atoms with van der Waals surface area (Å²) in [6.07, 6.45) is -6.25. The van der Waals surface area contributed by atoms with Gasteiger partial charge in [-0.1, -0.05) is 15.9 Å². The number of amides is 2. The molecule has 1 aliphatic heterocycles. The van der Waals surface area contributed by atoms with Crippen LogP contribution in [0.2, 0.25) is 0 Å². The summed E-state index contributed by atoms with van der Waals surface area (Å²) in [5.74, 6) is -0.460. The lowest BCUT2D eigenvalue weighted by atomic mass is 9.82. The summed E-state index contributed by atoms with van der Waals surface area (Å²) in [6.45, 7) is 10.1. The van der Waals surface area contributed by atoms with Gasteiger partial charge in [0.1, 0.15) is 22.5 Å². The van der Waals surface area contributed by atoms with Gasteiger partial charge < -0.3 is 24.4 Å². The van der Waals surface area contributed by atoms with E-state index in [0.717, 1.165) is 6.07 Å². The summed E-state index contributed by atoms with van der Waals surface area (Å²) in [5, 5.41) is 2.70. The fraction of sp³-hybridized carbons (Fsp3) is 0.600. The molecule has 0 saturated carbocycles. The highest BCUT2D eigenvalue weighted by molar-refractivity contribution is 9.10. The van der Waals surface area contributed by atoms with Crippen LogP contribution >= 0.6 is 15.9 Å². The molecule has 2 rings (SSSR count). The minimum atomic E-state index is -4.88. The van der Waals surface area contributed by atoms with Crippen molar-refractivity contribution in [2.24, 2.45) is 0 Å². The minimum Gasteiger partial charge on any atom is -0.444 e. The van der Waals surface area contributed by atoms with E-state index in [-0.39, 0.29) is 13.1 Å². The van der Waals surface area contributed by atoms with Crippen molar-refractivity contribution in [1.82, 2.24) is 10.2 Å². The van der Waals surface area contributed by atoms with Crippen molar-refractivity contribution in [1.29, 1.82) is 0 Å². The normalized spacial score (nSPS) is 16.3. The van der Waals surface area contributed by atoms with Crippen LogP contribution in [0.5, 0.6) is 5.75 Å². The molecule has 1 saturated heterocycles. The maximum atomic E-state index is 12.7. The Morgan fingerprint density at radius 3 is 2.03 bits per heavy atom. The number of hydrogen-bond acceptors (Lipinski definition) is 5. The van der Waals surface area contributed by atoms with Gasteiger partial charge in [0.15, 0.2) is 0 Å². The van der Waals surface area contributed by atoms with Crippen LogP contribution in [0, 0.1) is 0 Å². The third kappa shape index (κ3) is 7.48. The van der Waals surface area contributed by atoms with Gasteiger partial charge in [-0.25, -0.2) is 9.59 Å². The van der Waals surface area contributed by atoms with Crippen molar-refractivity contribution in [3.05, 3.63) is 28.2 Å². The predicted octanol–water partition coefficient (Wildman–Crippen LogP) is 5.32. The van der Waals surface area contributed by atoms with E-state index in [1.807, 2.05) is 0 Å². The number of nitrogens with one attached hydrogen (secondary N) is 1. The average molecular weight is 511 g/mol. The van der Waals surface area contributed by atoms with E-state index in [4.69, 9.17) is 9.47 Å². The van der Waals surface area contributed by atoms with Crippen molar-refractivity contribution in [3.63, 3.8) is 0 Å². The molecule has 1 aromatic rings. The molecule has 0 aromatic heterocycles. The highest BCUT2D eigenvalue weighted by Crippen LogP contribution is 2.38. The quantitative estimate of drug-likeness (QED) is 0.595. The van der Waals surface area contributed by atoms with Crippen LogP contribution in [0.25, 0.3) is 0 Å². The summed E-state index contributed by atoms with van der Waals surface area (Å²) in [7, 11) is 0. The molecule has 0 spiro atoms. The van der Waals surface area contributed by atoms with Crippen LogP contribution in [-0.4, -0.2) is 47.7 Å². The van der Waals surface area contributed by atoms with E-state index in [9.17, 15) is 22.8 Å². The Morgan fingerprint density at radius 1 is 1.00 bits per heavy atom. The second-order valence-corrected chi connectivity index (χ2v) is 10.2. The predicted molar refractivity (Wildman–Crippen MR) is 110 cm³/mol. The van der Waals surface area contributed by atoms with Gasteiger partial charge in [-0.2, -0.15) is 0 Å². The van der Waals surface area contributed by atoms with E-state index in [2.05, 4.69) is 26.0 Å². The second kappa shape index (κ2) is 8.40. The summed E-state index contributed by atoms with van der Waals surface area (Å²) < 4.78 is 53.1. The molecule has 1 aromatic carbocycles. The number of alkyl carbamates (subject to hydrolysis) is 1. The molecule has 1 aliphatic rings. The zero-order valence-electron chi connectivity index (χ0n) is 18.1. The van der Waals surface area contributed by atoms with Gasteiger partial charge in [0.25, 0.3) is 0 Å². The Balaban J connectivity index is 2.34. The van der Waals surface area contributed by atoms with Crippen molar-refractivity contribution >= 4 is 28.1 Å². The smallest absolute Gasteiger partial charge is 0.444 e. The van der Waals surface area contributed by atoms with Gasteiger partial charge in [0.2, 0.25) is 0 Å². The highest BCUT2D eigenvalue weighted by atomic mass is 79.9. The lowest BCUT2D eigenvalue weighted by molar-refractivity contribution is -0.274. The first-order valence-electron chi connectivity index (χ1n) is 9.43. The van der Waals surface area contributed by atoms with E-state index in [0.29, 0.717) is 10.0 Å². The Kier molecular flexibility index (Phi) is 6.80. The molecule has 11 heteroatoms. The Bertz CT molecular complexity index is 841. The largest absolute Gasteiger partial charge is 0.573 e. The molecular formula is C20H26BrF3N2O5. The fourth-order valence-electron chi connectivity index (χ4n) is 2.93. The summed E-state index contributed by atoms with van der Waals surface area (Å²) in [4.78, 5) is 26.2. The van der Waals surface area contributed by atoms with Crippen LogP contribution in [0.3, 0.4) is 0 Å². The molecule has 1 fully saturated rings. The van der Waals surface area contributed by atoms with Gasteiger partial charge in [-0.3, -0.25) is 0 Å². The number of carbonyl (C=O) groups is 2. The summed E-state index contributed by atoms with van der Waals surface area (Å²) in [5.41, 5.74) is -2.39. The lowest BCUT2D eigenvalue weighted by Gasteiger charge is -2.50. The molecule has 0 aliphatic carbocycles. The topological polar surface area (TPSA) is 77.1 Å². The molecule has 0 atom stereocenters. The molecular weight excluding hydrogens is 485 g/mol. The number of rotatable bonds is 3. The molecule has 174 valence electrons. The Labute approximate surface area is 187 Å². The lowest BCUT2D eigenvalue weighted by Crippen LogP contribution is -2.69. The van der Waals surface area contributed by atoms with Crippen molar-refractivity contribution in [2.75, 3.05) is 13.1 Å². The van der Waals surface area contributed by atoms with Crippen LogP contribution in [0.4, 0.5) is 22.8 Å². The molecule has 0 unspecified atom stereocenters. The number of carbonyl (C=O) groups excluding carboxylic acids is 2. The monoisotopic (exact) mass is 510 g/mol. The SMILES string of the molecule is CC(C)(C)OC(=O)NC1(c2cc(Br)cc(OC(F)(F)F)c2)CN(C(=O)OC(C)(C)C)C1. The highest BCUT2D eigenvalue weighted by Gasteiger charge is 2.50. The maximum Gasteiger partial charge on any atom is 0.573 e. The third-order valence-electron chi connectivity index (χ3n) is 3.97. The van der Waals surface area contributed by atoms with Crippen molar-refractivity contribution in [3.8, 4) is 5.75 Å². The van der Waals surface area contributed by atoms with Gasteiger partial charge in [-0.15, -0.1) is 13.2 Å². The van der Waals surface area contributed by atoms with Gasteiger partial charge in [-0.05, 0) is 65.3 Å². The Hall–Kier alpha value is -2.17. The molecule has 2 amide bonds. The Morgan fingerprint density at radius 2 is 1.55 bits per heavy atom. The number of ether oxygens (including phenoxy) is 3. The zero-order valence-corrected chi connectivity index (χ0v) is 19.7. The molecule has 0 bridgehead atoms. The molecule has 1 heterocycles. The zero-order chi connectivity index (χ0) is 23.8. The number of hydrogen-bond donors (Lipinski definition) is 1. The van der Waals surface area contributed by atoms with E-state index >= 15 is 0 Å². The van der Waals surface area contributed by atoms with E-state index in [1.165, 1.54) is 11.0 Å². The van der Waals surface area contributed by atoms with Crippen LogP contribution in [0.1, 0.15) is 47.1 Å². The van der Waals surface area contributed by atoms with Gasteiger partial charge >= 0.3 is 18.5 Å². The molecule has 0 radical (unpaired) electrons. The van der Waals surface area contributed by atoms with Crippen LogP contribution in [0.15, 0.2) is 22.7 Å². The standard InChI is InChI=1S/C20H26BrF3N2O5/c1-17(2,3)30-15(27)25-19(10-26(11-19)16(28)31-18(4,5)6)12-7-13(21)9-14(8-12)29-20(22,23)24/h7-9H,10-11H2,1-6H3,(H,25,27). The number of likely N-dealkylation sites (tertiary alicyclic amines) is 1. The van der Waals surface area contributed by atoms with Gasteiger partial charge in [0, 0.05) is 4.47 Å². The molecule has 1 N–H and O–H groups in total. The first-order valence-corrected chi connectivity index (χ1v) is 10.2. The average Bonchev–Trinajstić information content (AvgIpc) is 2.44. The van der Waals surface area contributed by atoms with Crippen molar-refractivity contribution in [2.45, 2.75) is 64.6 Å². The van der Waals surface area contributed by atoms with E-state index in [1.54, 1.807) is 47.6 Å². The second-order valence-electron chi connectivity index (χ2n) is 9.27. The third-order valence-corrected chi connectivity index (χ3v) is 4.43. The summed E-state index contributed by atoms with van der Waals surface area (Å²) in [6, 6.07) is 3.87. The first-order chi connectivity index (χ1) is 13.9. The number of nitrogens with zero attached hydrogens (tertiary/aromatic N) is 1. The van der Waals surface area contributed by atoms with Crippen LogP contribution < -0.4 is 10.1 Å². The maximum absolute atomic E-state index is 12.7. The van der Waals surface area contributed by atoms with E-state index < -0.39 is 41.0 Å². The van der Waals surface area contributed by atoms with Crippen LogP contribution in [-0.2, 0) is 15.0 Å². The number of benzene rings is 1. The van der Waals surface area contributed by atoms with Gasteiger partial charge in [0.05, 0.1) is 13.1 Å². The van der Waals surface area contributed by atoms with Crippen molar-refractivity contribution < 1.29 is 37.0 Å².